The number of carbonyl (C=O) groups excluding carboxylic acids is 2. The van der Waals surface area contributed by atoms with Gasteiger partial charge in [0.25, 0.3) is 5.91 Å². The van der Waals surface area contributed by atoms with E-state index in [1.165, 1.54) is 19.4 Å². The third-order valence-corrected chi connectivity index (χ3v) is 7.37. The summed E-state index contributed by atoms with van der Waals surface area (Å²) in [5.74, 6) is 1.65. The molecule has 1 aromatic heterocycles. The molecule has 0 atom stereocenters. The van der Waals surface area contributed by atoms with Crippen LogP contribution in [0.25, 0.3) is 5.57 Å². The van der Waals surface area contributed by atoms with Crippen LogP contribution >= 0.6 is 0 Å². The highest BCUT2D eigenvalue weighted by Crippen LogP contribution is 2.30. The van der Waals surface area contributed by atoms with E-state index in [1.54, 1.807) is 18.0 Å². The molecule has 206 valence electrons. The number of ether oxygens (including phenoxy) is 1. The van der Waals surface area contributed by atoms with E-state index in [0.29, 0.717) is 37.5 Å². The second-order valence-electron chi connectivity index (χ2n) is 10.2. The van der Waals surface area contributed by atoms with Gasteiger partial charge in [0.15, 0.2) is 11.8 Å². The molecular weight excluding hydrogens is 494 g/mol. The van der Waals surface area contributed by atoms with Gasteiger partial charge in [0.05, 0.1) is 6.61 Å². The molecule has 10 nitrogen and oxygen atoms in total. The Morgan fingerprint density at radius 2 is 1.85 bits per heavy atom. The Kier molecular flexibility index (Phi) is 8.41. The number of nitrogens with zero attached hydrogens (tertiary/aromatic N) is 5. The summed E-state index contributed by atoms with van der Waals surface area (Å²) in [5.41, 5.74) is 9.57. The van der Waals surface area contributed by atoms with Crippen LogP contribution in [0.4, 0.5) is 16.3 Å². The number of guanidine groups is 1. The zero-order valence-electron chi connectivity index (χ0n) is 22.5. The van der Waals surface area contributed by atoms with Gasteiger partial charge in [-0.1, -0.05) is 6.08 Å². The maximum absolute atomic E-state index is 13.0. The van der Waals surface area contributed by atoms with Gasteiger partial charge < -0.3 is 25.6 Å². The normalized spacial score (nSPS) is 18.5. The maximum Gasteiger partial charge on any atom is 0.410 e. The van der Waals surface area contributed by atoms with Crippen LogP contribution in [0.1, 0.15) is 42.1 Å². The number of pyridine rings is 1. The highest BCUT2D eigenvalue weighted by Gasteiger charge is 2.28. The van der Waals surface area contributed by atoms with Gasteiger partial charge in [-0.3, -0.25) is 9.69 Å². The van der Waals surface area contributed by atoms with E-state index >= 15 is 0 Å². The predicted octanol–water partition coefficient (Wildman–Crippen LogP) is 3.55. The third kappa shape index (κ3) is 6.94. The first-order valence-electron chi connectivity index (χ1n) is 13.8. The molecule has 1 aliphatic carbocycles. The van der Waals surface area contributed by atoms with Gasteiger partial charge in [-0.2, -0.15) is 4.99 Å². The van der Waals surface area contributed by atoms with Crippen LogP contribution in [0.5, 0.6) is 0 Å². The van der Waals surface area contributed by atoms with E-state index in [2.05, 4.69) is 20.2 Å². The minimum absolute atomic E-state index is 0.0645. The number of amides is 2. The minimum Gasteiger partial charge on any atom is -0.450 e. The molecule has 2 fully saturated rings. The Hall–Kier alpha value is -3.92. The average molecular weight is 532 g/mol. The van der Waals surface area contributed by atoms with Gasteiger partial charge in [-0.25, -0.2) is 9.78 Å². The number of aliphatic imine (C=N–C) groups is 1. The number of anilines is 1. The highest BCUT2D eigenvalue weighted by atomic mass is 16.6. The summed E-state index contributed by atoms with van der Waals surface area (Å²) in [6.07, 6.45) is 6.76. The van der Waals surface area contributed by atoms with Crippen molar-refractivity contribution in [2.24, 2.45) is 16.6 Å². The summed E-state index contributed by atoms with van der Waals surface area (Å²) in [6.45, 7) is 7.82. The highest BCUT2D eigenvalue weighted by molar-refractivity contribution is 5.97. The Morgan fingerprint density at radius 3 is 2.51 bits per heavy atom. The van der Waals surface area contributed by atoms with E-state index in [0.717, 1.165) is 48.9 Å². The number of carbonyl (C=O) groups is 2. The quantitative estimate of drug-likeness (QED) is 0.415. The van der Waals surface area contributed by atoms with Crippen molar-refractivity contribution in [3.05, 3.63) is 59.8 Å². The lowest BCUT2D eigenvalue weighted by molar-refractivity contribution is 0.0632. The third-order valence-electron chi connectivity index (χ3n) is 7.37. The fourth-order valence-corrected chi connectivity index (χ4v) is 5.00. The number of nitrogens with one attached hydrogen (secondary N) is 1. The first kappa shape index (κ1) is 26.7. The van der Waals surface area contributed by atoms with Crippen molar-refractivity contribution in [2.75, 3.05) is 57.7 Å². The molecule has 0 spiro atoms. The first-order chi connectivity index (χ1) is 19.0. The summed E-state index contributed by atoms with van der Waals surface area (Å²) in [4.78, 5) is 40.0. The van der Waals surface area contributed by atoms with Crippen molar-refractivity contribution in [1.82, 2.24) is 19.7 Å². The molecule has 0 unspecified atom stereocenters. The Bertz CT molecular complexity index is 1230. The second kappa shape index (κ2) is 12.3. The molecule has 2 aliphatic heterocycles. The number of nitrogens with two attached hydrogens (primary N) is 1. The van der Waals surface area contributed by atoms with Crippen LogP contribution < -0.4 is 11.1 Å². The van der Waals surface area contributed by atoms with Crippen LogP contribution in [0.3, 0.4) is 0 Å². The van der Waals surface area contributed by atoms with Crippen LogP contribution in [0, 0.1) is 5.92 Å². The number of hydrogen-bond donors (Lipinski definition) is 2. The van der Waals surface area contributed by atoms with Gasteiger partial charge in [0, 0.05) is 68.8 Å². The number of benzene rings is 1. The standard InChI is InChI=1S/C29H37N7O3/c1-2-39-29(38)36-14-11-22(12-15-36)25-4-3-13-31-26(25)33-28(30)32-24-9-7-23(8-10-24)27(37)35-18-16-34(17-19-35)20-21-5-6-21/h3-4,7-11,13,21H,2,5-6,12,14-20H2,1H3,(H3,30,31,32,33). The SMILES string of the molecule is CCOC(=O)N1CC=C(c2cccnc2N=C(N)Nc2ccc(C(=O)N3CCN(CC4CC4)CC3)cc2)CC1. The topological polar surface area (TPSA) is 116 Å². The number of hydrogen-bond acceptors (Lipinski definition) is 6. The molecule has 1 saturated heterocycles. The fourth-order valence-electron chi connectivity index (χ4n) is 5.00. The molecule has 1 aromatic carbocycles. The van der Waals surface area contributed by atoms with Gasteiger partial charge in [0.1, 0.15) is 0 Å². The number of aromatic nitrogens is 1. The van der Waals surface area contributed by atoms with Crippen molar-refractivity contribution in [3.8, 4) is 0 Å². The molecule has 3 N–H and O–H groups in total. The molecule has 3 aliphatic rings. The molecule has 0 bridgehead atoms. The Morgan fingerprint density at radius 1 is 1.08 bits per heavy atom. The lowest BCUT2D eigenvalue weighted by Crippen LogP contribution is -2.49. The van der Waals surface area contributed by atoms with Gasteiger partial charge in [-0.15, -0.1) is 0 Å². The predicted molar refractivity (Wildman–Crippen MR) is 152 cm³/mol. The lowest BCUT2D eigenvalue weighted by atomic mass is 10.0. The Balaban J connectivity index is 1.18. The van der Waals surface area contributed by atoms with Crippen molar-refractivity contribution in [3.63, 3.8) is 0 Å². The molecular formula is C29H37N7O3. The van der Waals surface area contributed by atoms with E-state index in [1.807, 2.05) is 47.4 Å². The molecule has 2 amide bonds. The summed E-state index contributed by atoms with van der Waals surface area (Å²) in [7, 11) is 0. The minimum atomic E-state index is -0.301. The van der Waals surface area contributed by atoms with E-state index < -0.39 is 0 Å². The van der Waals surface area contributed by atoms with Crippen LogP contribution in [0.2, 0.25) is 0 Å². The van der Waals surface area contributed by atoms with E-state index in [9.17, 15) is 9.59 Å². The fraction of sp³-hybridized carbons (Fsp3) is 0.448. The average Bonchev–Trinajstić information content (AvgIpc) is 3.78. The lowest BCUT2D eigenvalue weighted by Gasteiger charge is -2.34. The molecule has 2 aromatic rings. The van der Waals surface area contributed by atoms with Crippen LogP contribution in [-0.4, -0.2) is 90.1 Å². The van der Waals surface area contributed by atoms with Gasteiger partial charge >= 0.3 is 6.09 Å². The zero-order valence-corrected chi connectivity index (χ0v) is 22.5. The maximum atomic E-state index is 13.0. The molecule has 5 rings (SSSR count). The first-order valence-corrected chi connectivity index (χ1v) is 13.8. The van der Waals surface area contributed by atoms with Crippen LogP contribution in [0.15, 0.2) is 53.7 Å². The van der Waals surface area contributed by atoms with Crippen molar-refractivity contribution >= 4 is 35.0 Å². The van der Waals surface area contributed by atoms with Crippen molar-refractivity contribution < 1.29 is 14.3 Å². The van der Waals surface area contributed by atoms with Gasteiger partial charge in [-0.05, 0) is 74.1 Å². The molecule has 10 heteroatoms. The number of rotatable bonds is 7. The largest absolute Gasteiger partial charge is 0.450 e. The molecule has 39 heavy (non-hydrogen) atoms. The van der Waals surface area contributed by atoms with E-state index in [4.69, 9.17) is 10.5 Å². The van der Waals surface area contributed by atoms with Crippen LogP contribution in [-0.2, 0) is 4.74 Å². The smallest absolute Gasteiger partial charge is 0.410 e. The number of piperazine rings is 1. The van der Waals surface area contributed by atoms with E-state index in [-0.39, 0.29) is 18.0 Å². The molecule has 0 radical (unpaired) electrons. The van der Waals surface area contributed by atoms with Crippen molar-refractivity contribution in [2.45, 2.75) is 26.2 Å². The summed E-state index contributed by atoms with van der Waals surface area (Å²) >= 11 is 0. The zero-order chi connectivity index (χ0) is 27.2. The Labute approximate surface area is 229 Å². The molecule has 3 heterocycles. The summed E-state index contributed by atoms with van der Waals surface area (Å²) < 4.78 is 5.10. The van der Waals surface area contributed by atoms with Crippen molar-refractivity contribution in [1.29, 1.82) is 0 Å². The molecule has 1 saturated carbocycles. The summed E-state index contributed by atoms with van der Waals surface area (Å²) in [6, 6.07) is 11.1. The monoisotopic (exact) mass is 531 g/mol. The van der Waals surface area contributed by atoms with Gasteiger partial charge in [0.2, 0.25) is 0 Å². The second-order valence-corrected chi connectivity index (χ2v) is 10.2. The summed E-state index contributed by atoms with van der Waals surface area (Å²) in [5, 5.41) is 3.10.